The number of carbonyl (C=O) groups is 1. The molecule has 0 radical (unpaired) electrons. The third kappa shape index (κ3) is 3.01. The molecule has 92 valence electrons. The molecule has 0 aliphatic heterocycles. The smallest absolute Gasteiger partial charge is 0.248 e. The van der Waals surface area contributed by atoms with Gasteiger partial charge in [0.05, 0.1) is 0 Å². The molecule has 2 rings (SSSR count). The maximum atomic E-state index is 10.9. The van der Waals surface area contributed by atoms with E-state index in [0.29, 0.717) is 12.1 Å². The normalized spacial score (nSPS) is 10.0. The van der Waals surface area contributed by atoms with E-state index in [1.54, 1.807) is 12.1 Å². The van der Waals surface area contributed by atoms with Gasteiger partial charge in [0.25, 0.3) is 0 Å². The largest absolute Gasteiger partial charge is 0.399 e. The lowest BCUT2D eigenvalue weighted by molar-refractivity contribution is 0.100. The van der Waals surface area contributed by atoms with Crippen molar-refractivity contribution in [2.45, 2.75) is 6.54 Å². The first-order chi connectivity index (χ1) is 8.65. The van der Waals surface area contributed by atoms with Crippen molar-refractivity contribution in [2.75, 3.05) is 11.1 Å². The predicted octanol–water partition coefficient (Wildman–Crippen LogP) is 1.98. The Morgan fingerprint density at radius 1 is 1.11 bits per heavy atom. The van der Waals surface area contributed by atoms with Gasteiger partial charge in [0.2, 0.25) is 5.91 Å². The van der Waals surface area contributed by atoms with Crippen LogP contribution in [0.2, 0.25) is 0 Å². The molecule has 1 amide bonds. The highest BCUT2D eigenvalue weighted by atomic mass is 16.1. The van der Waals surface area contributed by atoms with E-state index >= 15 is 0 Å². The minimum atomic E-state index is -0.419. The van der Waals surface area contributed by atoms with Gasteiger partial charge in [0.15, 0.2) is 0 Å². The second-order valence-corrected chi connectivity index (χ2v) is 4.04. The van der Waals surface area contributed by atoms with Crippen LogP contribution in [0.15, 0.2) is 48.5 Å². The van der Waals surface area contributed by atoms with Crippen molar-refractivity contribution in [2.24, 2.45) is 5.73 Å². The maximum absolute atomic E-state index is 10.9. The van der Waals surface area contributed by atoms with Crippen LogP contribution in [0.4, 0.5) is 11.4 Å². The molecule has 0 saturated heterocycles. The Morgan fingerprint density at radius 3 is 2.44 bits per heavy atom. The number of rotatable bonds is 4. The van der Waals surface area contributed by atoms with E-state index in [2.05, 4.69) is 5.32 Å². The molecule has 2 aromatic rings. The lowest BCUT2D eigenvalue weighted by atomic mass is 10.1. The zero-order chi connectivity index (χ0) is 13.0. The van der Waals surface area contributed by atoms with Crippen molar-refractivity contribution in [3.05, 3.63) is 59.7 Å². The molecule has 0 bridgehead atoms. The van der Waals surface area contributed by atoms with E-state index in [1.165, 1.54) is 0 Å². The SMILES string of the molecule is NC(=O)c1ccc(NCc2cccc(N)c2)cc1. The summed E-state index contributed by atoms with van der Waals surface area (Å²) in [6.45, 7) is 0.682. The molecule has 0 aromatic heterocycles. The molecular weight excluding hydrogens is 226 g/mol. The first kappa shape index (κ1) is 12.0. The molecule has 0 fully saturated rings. The maximum Gasteiger partial charge on any atom is 0.248 e. The Hall–Kier alpha value is -2.49. The first-order valence-corrected chi connectivity index (χ1v) is 5.63. The third-order valence-corrected chi connectivity index (χ3v) is 2.62. The van der Waals surface area contributed by atoms with Gasteiger partial charge in [-0.15, -0.1) is 0 Å². The Kier molecular flexibility index (Phi) is 3.48. The molecule has 4 nitrogen and oxygen atoms in total. The van der Waals surface area contributed by atoms with Gasteiger partial charge in [-0.25, -0.2) is 0 Å². The monoisotopic (exact) mass is 241 g/mol. The van der Waals surface area contributed by atoms with E-state index in [4.69, 9.17) is 11.5 Å². The van der Waals surface area contributed by atoms with Gasteiger partial charge < -0.3 is 16.8 Å². The van der Waals surface area contributed by atoms with E-state index in [-0.39, 0.29) is 0 Å². The number of amides is 1. The summed E-state index contributed by atoms with van der Waals surface area (Å²) in [6.07, 6.45) is 0. The second-order valence-electron chi connectivity index (χ2n) is 4.04. The van der Waals surface area contributed by atoms with Crippen LogP contribution in [-0.2, 0) is 6.54 Å². The number of nitrogen functional groups attached to an aromatic ring is 1. The Labute approximate surface area is 106 Å². The van der Waals surface area contributed by atoms with Crippen LogP contribution < -0.4 is 16.8 Å². The van der Waals surface area contributed by atoms with Gasteiger partial charge in [-0.05, 0) is 42.0 Å². The highest BCUT2D eigenvalue weighted by Gasteiger charge is 1.99. The lowest BCUT2D eigenvalue weighted by Crippen LogP contribution is -2.10. The van der Waals surface area contributed by atoms with Crippen LogP contribution in [0.1, 0.15) is 15.9 Å². The average Bonchev–Trinajstić information content (AvgIpc) is 2.37. The summed E-state index contributed by atoms with van der Waals surface area (Å²) in [4.78, 5) is 10.9. The number of anilines is 2. The topological polar surface area (TPSA) is 81.1 Å². The first-order valence-electron chi connectivity index (χ1n) is 5.63. The minimum absolute atomic E-state index is 0.419. The highest BCUT2D eigenvalue weighted by molar-refractivity contribution is 5.93. The quantitative estimate of drug-likeness (QED) is 0.716. The molecule has 0 aliphatic carbocycles. The zero-order valence-corrected chi connectivity index (χ0v) is 9.89. The molecular formula is C14H15N3O. The summed E-state index contributed by atoms with van der Waals surface area (Å²) in [6, 6.07) is 14.7. The van der Waals surface area contributed by atoms with Crippen LogP contribution in [-0.4, -0.2) is 5.91 Å². The number of primary amides is 1. The van der Waals surface area contributed by atoms with Gasteiger partial charge in [-0.2, -0.15) is 0 Å². The lowest BCUT2D eigenvalue weighted by Gasteiger charge is -2.07. The van der Waals surface area contributed by atoms with Gasteiger partial charge in [-0.1, -0.05) is 12.1 Å². The van der Waals surface area contributed by atoms with Crippen molar-refractivity contribution >= 4 is 17.3 Å². The molecule has 0 spiro atoms. The van der Waals surface area contributed by atoms with Crippen molar-refractivity contribution in [3.63, 3.8) is 0 Å². The number of carbonyl (C=O) groups excluding carboxylic acids is 1. The van der Waals surface area contributed by atoms with Crippen LogP contribution in [0, 0.1) is 0 Å². The van der Waals surface area contributed by atoms with Crippen LogP contribution >= 0.6 is 0 Å². The van der Waals surface area contributed by atoms with Gasteiger partial charge in [0, 0.05) is 23.5 Å². The molecule has 0 unspecified atom stereocenters. The zero-order valence-electron chi connectivity index (χ0n) is 9.89. The number of hydrogen-bond acceptors (Lipinski definition) is 3. The van der Waals surface area contributed by atoms with Gasteiger partial charge in [0.1, 0.15) is 0 Å². The predicted molar refractivity (Wildman–Crippen MR) is 73.1 cm³/mol. The summed E-state index contributed by atoms with van der Waals surface area (Å²) in [5, 5.41) is 3.25. The summed E-state index contributed by atoms with van der Waals surface area (Å²) in [5.41, 5.74) is 14.2. The number of benzene rings is 2. The second kappa shape index (κ2) is 5.23. The molecule has 0 saturated carbocycles. The Balaban J connectivity index is 2.00. The third-order valence-electron chi connectivity index (χ3n) is 2.62. The molecule has 0 heterocycles. The molecule has 0 atom stereocenters. The average molecular weight is 241 g/mol. The molecule has 18 heavy (non-hydrogen) atoms. The Bertz CT molecular complexity index is 549. The van der Waals surface area contributed by atoms with Crippen molar-refractivity contribution in [1.82, 2.24) is 0 Å². The standard InChI is InChI=1S/C14H15N3O/c15-12-3-1-2-10(8-12)9-17-13-6-4-11(5-7-13)14(16)18/h1-8,17H,9,15H2,(H2,16,18). The molecule has 0 aliphatic rings. The molecule has 4 heteroatoms. The van der Waals surface area contributed by atoms with Gasteiger partial charge in [-0.3, -0.25) is 4.79 Å². The highest BCUT2D eigenvalue weighted by Crippen LogP contribution is 2.12. The van der Waals surface area contributed by atoms with E-state index < -0.39 is 5.91 Å². The van der Waals surface area contributed by atoms with Crippen LogP contribution in [0.25, 0.3) is 0 Å². The van der Waals surface area contributed by atoms with Crippen LogP contribution in [0.5, 0.6) is 0 Å². The number of hydrogen-bond donors (Lipinski definition) is 3. The molecule has 5 N–H and O–H groups in total. The van der Waals surface area contributed by atoms with Crippen LogP contribution in [0.3, 0.4) is 0 Å². The summed E-state index contributed by atoms with van der Waals surface area (Å²) >= 11 is 0. The van der Waals surface area contributed by atoms with Crippen molar-refractivity contribution < 1.29 is 4.79 Å². The van der Waals surface area contributed by atoms with Gasteiger partial charge >= 0.3 is 0 Å². The van der Waals surface area contributed by atoms with E-state index in [9.17, 15) is 4.79 Å². The van der Waals surface area contributed by atoms with Crippen molar-refractivity contribution in [3.8, 4) is 0 Å². The minimum Gasteiger partial charge on any atom is -0.399 e. The summed E-state index contributed by atoms with van der Waals surface area (Å²) in [7, 11) is 0. The number of nitrogens with two attached hydrogens (primary N) is 2. The summed E-state index contributed by atoms with van der Waals surface area (Å²) in [5.74, 6) is -0.419. The van der Waals surface area contributed by atoms with Crippen molar-refractivity contribution in [1.29, 1.82) is 0 Å². The summed E-state index contributed by atoms with van der Waals surface area (Å²) < 4.78 is 0. The number of nitrogens with one attached hydrogen (secondary N) is 1. The van der Waals surface area contributed by atoms with E-state index in [0.717, 1.165) is 16.9 Å². The fourth-order valence-corrected chi connectivity index (χ4v) is 1.66. The fraction of sp³-hybridized carbons (Fsp3) is 0.0714. The molecule has 2 aromatic carbocycles. The fourth-order valence-electron chi connectivity index (χ4n) is 1.66. The Morgan fingerprint density at radius 2 is 1.83 bits per heavy atom. The van der Waals surface area contributed by atoms with E-state index in [1.807, 2.05) is 36.4 Å².